The molecule has 11 heteroatoms. The van der Waals surface area contributed by atoms with Crippen molar-refractivity contribution in [2.45, 2.75) is 77.4 Å². The van der Waals surface area contributed by atoms with Gasteiger partial charge in [-0.25, -0.2) is 9.59 Å². The fourth-order valence-electron chi connectivity index (χ4n) is 5.59. The van der Waals surface area contributed by atoms with Crippen molar-refractivity contribution in [2.75, 3.05) is 7.05 Å². The van der Waals surface area contributed by atoms with Gasteiger partial charge in [0, 0.05) is 36.7 Å². The van der Waals surface area contributed by atoms with Crippen LogP contribution in [0.4, 0.5) is 9.59 Å². The molecule has 4 atom stereocenters. The first-order valence-corrected chi connectivity index (χ1v) is 16.9. The Morgan fingerprint density at radius 1 is 0.820 bits per heavy atom. The van der Waals surface area contributed by atoms with Crippen LogP contribution in [0.15, 0.2) is 103 Å². The van der Waals surface area contributed by atoms with Gasteiger partial charge < -0.3 is 30.7 Å². The van der Waals surface area contributed by atoms with E-state index in [1.54, 1.807) is 25.5 Å². The quantitative estimate of drug-likeness (QED) is 0.131. The molecule has 0 spiro atoms. The zero-order chi connectivity index (χ0) is 35.9. The largest absolute Gasteiger partial charge is 0.445 e. The number of aliphatic hydroxyl groups excluding tert-OH is 1. The molecule has 0 aliphatic heterocycles. The van der Waals surface area contributed by atoms with Crippen LogP contribution < -0.4 is 16.0 Å². The van der Waals surface area contributed by atoms with E-state index in [-0.39, 0.29) is 25.5 Å². The molecule has 0 radical (unpaired) electrons. The zero-order valence-corrected chi connectivity index (χ0v) is 29.2. The normalized spacial score (nSPS) is 13.4. The van der Waals surface area contributed by atoms with Crippen molar-refractivity contribution in [1.82, 2.24) is 30.8 Å². The number of hydrogen-bond acceptors (Lipinski definition) is 7. The van der Waals surface area contributed by atoms with Crippen molar-refractivity contribution in [3.05, 3.63) is 131 Å². The molecule has 4 amide bonds. The molecule has 0 fully saturated rings. The first-order valence-electron chi connectivity index (χ1n) is 16.9. The maximum atomic E-state index is 13.9. The van der Waals surface area contributed by atoms with Crippen LogP contribution in [0.25, 0.3) is 0 Å². The van der Waals surface area contributed by atoms with Gasteiger partial charge in [-0.1, -0.05) is 86.6 Å². The Morgan fingerprint density at radius 2 is 1.48 bits per heavy atom. The van der Waals surface area contributed by atoms with Crippen LogP contribution in [0, 0.1) is 12.8 Å². The lowest BCUT2D eigenvalue weighted by molar-refractivity contribution is -0.125. The third kappa shape index (κ3) is 12.3. The third-order valence-corrected chi connectivity index (χ3v) is 8.28. The summed E-state index contributed by atoms with van der Waals surface area (Å²) in [7, 11) is 1.65. The van der Waals surface area contributed by atoms with Gasteiger partial charge in [-0.3, -0.25) is 14.8 Å². The number of hydrogen-bond donors (Lipinski definition) is 4. The Balaban J connectivity index is 1.48. The van der Waals surface area contributed by atoms with E-state index in [0.29, 0.717) is 12.8 Å². The number of aromatic nitrogens is 2. The van der Waals surface area contributed by atoms with Crippen molar-refractivity contribution in [1.29, 1.82) is 0 Å². The van der Waals surface area contributed by atoms with Crippen molar-refractivity contribution >= 4 is 18.0 Å². The number of aliphatic hydroxyl groups is 1. The molecule has 0 aliphatic carbocycles. The molecule has 2 aromatic heterocycles. The van der Waals surface area contributed by atoms with E-state index in [4.69, 9.17) is 4.74 Å². The molecule has 2 heterocycles. The smallest absolute Gasteiger partial charge is 0.407 e. The van der Waals surface area contributed by atoms with E-state index < -0.39 is 42.3 Å². The highest BCUT2D eigenvalue weighted by Crippen LogP contribution is 2.16. The van der Waals surface area contributed by atoms with Crippen LogP contribution in [-0.4, -0.2) is 69.3 Å². The van der Waals surface area contributed by atoms with Crippen molar-refractivity contribution < 1.29 is 24.2 Å². The van der Waals surface area contributed by atoms with Crippen LogP contribution >= 0.6 is 0 Å². The van der Waals surface area contributed by atoms with Gasteiger partial charge in [0.1, 0.15) is 12.6 Å². The van der Waals surface area contributed by atoms with Gasteiger partial charge in [-0.2, -0.15) is 0 Å². The Labute approximate surface area is 294 Å². The summed E-state index contributed by atoms with van der Waals surface area (Å²) in [6.45, 7) is 5.92. The van der Waals surface area contributed by atoms with Gasteiger partial charge in [-0.15, -0.1) is 0 Å². The number of nitrogens with one attached hydrogen (secondary N) is 3. The number of carbonyl (C=O) groups excluding carboxylic acids is 3. The van der Waals surface area contributed by atoms with Crippen LogP contribution in [-0.2, 0) is 35.5 Å². The highest BCUT2D eigenvalue weighted by molar-refractivity contribution is 5.87. The predicted molar refractivity (Wildman–Crippen MR) is 192 cm³/mol. The Bertz CT molecular complexity index is 1640. The molecule has 0 saturated heterocycles. The number of amides is 4. The first-order chi connectivity index (χ1) is 24.1. The molecule has 11 nitrogen and oxygen atoms in total. The molecule has 0 aliphatic rings. The second-order valence-corrected chi connectivity index (χ2v) is 12.9. The summed E-state index contributed by atoms with van der Waals surface area (Å²) in [6, 6.07) is 25.9. The maximum absolute atomic E-state index is 13.9. The Hall–Kier alpha value is -5.29. The molecule has 0 bridgehead atoms. The van der Waals surface area contributed by atoms with Crippen molar-refractivity contribution in [2.24, 2.45) is 5.92 Å². The minimum absolute atomic E-state index is 0.0476. The van der Waals surface area contributed by atoms with E-state index in [9.17, 15) is 19.5 Å². The summed E-state index contributed by atoms with van der Waals surface area (Å²) in [5.41, 5.74) is 4.21. The SMILES string of the molecule is Cc1cccc(CN(C)C(=O)N[C@H](C(=O)N[C@@H](Cc2ccccc2)[C@@H](O)C[C@H](Cc2ccccc2)NC(=O)OCc2cccnc2)C(C)C)n1. The summed E-state index contributed by atoms with van der Waals surface area (Å²) >= 11 is 0. The molecular weight excluding hydrogens is 632 g/mol. The van der Waals surface area contributed by atoms with Gasteiger partial charge in [0.05, 0.1) is 24.4 Å². The lowest BCUT2D eigenvalue weighted by atomic mass is 9.93. The van der Waals surface area contributed by atoms with Gasteiger partial charge in [-0.05, 0) is 61.4 Å². The number of aryl methyl sites for hydroxylation is 1. The fraction of sp³-hybridized carbons (Fsp3) is 0.359. The molecule has 4 N–H and O–H groups in total. The number of alkyl carbamates (subject to hydrolysis) is 1. The first kappa shape index (κ1) is 37.5. The van der Waals surface area contributed by atoms with Crippen LogP contribution in [0.2, 0.25) is 0 Å². The maximum Gasteiger partial charge on any atom is 0.407 e. The molecule has 4 rings (SSSR count). The number of rotatable bonds is 16. The number of pyridine rings is 2. The summed E-state index contributed by atoms with van der Waals surface area (Å²) < 4.78 is 5.47. The number of carbonyl (C=O) groups is 3. The van der Waals surface area contributed by atoms with Gasteiger partial charge >= 0.3 is 12.1 Å². The molecular formula is C39H48N6O5. The number of ether oxygens (including phenoxy) is 1. The van der Waals surface area contributed by atoms with Gasteiger partial charge in [0.2, 0.25) is 5.91 Å². The molecule has 0 saturated carbocycles. The molecule has 50 heavy (non-hydrogen) atoms. The highest BCUT2D eigenvalue weighted by atomic mass is 16.5. The Kier molecular flexibility index (Phi) is 14.3. The lowest BCUT2D eigenvalue weighted by Gasteiger charge is -2.31. The van der Waals surface area contributed by atoms with Crippen molar-refractivity contribution in [3.63, 3.8) is 0 Å². The Morgan fingerprint density at radius 3 is 2.10 bits per heavy atom. The predicted octanol–water partition coefficient (Wildman–Crippen LogP) is 4.97. The van der Waals surface area contributed by atoms with Crippen LogP contribution in [0.1, 0.15) is 48.3 Å². The molecule has 2 aromatic carbocycles. The summed E-state index contributed by atoms with van der Waals surface area (Å²) in [6.07, 6.45) is 2.46. The van der Waals surface area contributed by atoms with E-state index in [0.717, 1.165) is 28.1 Å². The summed E-state index contributed by atoms with van der Waals surface area (Å²) in [4.78, 5) is 50.0. The van der Waals surface area contributed by atoms with Gasteiger partial charge in [0.25, 0.3) is 0 Å². The standard InChI is InChI=1S/C39H48N6O5/c1-27(2)36(44-38(48)45(4)25-32-19-11-13-28(3)41-32)37(47)43-34(22-30-16-9-6-10-17-30)35(46)23-33(21-29-14-7-5-8-15-29)42-39(49)50-26-31-18-12-20-40-24-31/h5-20,24,27,33-36,46H,21-23,25-26H2,1-4H3,(H,42,49)(H,43,47)(H,44,48)/t33-,34-,35-,36-/m0/s1. The molecule has 4 aromatic rings. The van der Waals surface area contributed by atoms with E-state index >= 15 is 0 Å². The average Bonchev–Trinajstić information content (AvgIpc) is 3.10. The van der Waals surface area contributed by atoms with Crippen LogP contribution in [0.5, 0.6) is 0 Å². The second-order valence-electron chi connectivity index (χ2n) is 12.9. The third-order valence-electron chi connectivity index (χ3n) is 8.28. The summed E-state index contributed by atoms with van der Waals surface area (Å²) in [5, 5.41) is 20.6. The zero-order valence-electron chi connectivity index (χ0n) is 29.2. The monoisotopic (exact) mass is 680 g/mol. The molecule has 0 unspecified atom stereocenters. The molecule has 264 valence electrons. The van der Waals surface area contributed by atoms with Crippen molar-refractivity contribution in [3.8, 4) is 0 Å². The van der Waals surface area contributed by atoms with Crippen LogP contribution in [0.3, 0.4) is 0 Å². The number of nitrogens with zero attached hydrogens (tertiary/aromatic N) is 3. The minimum Gasteiger partial charge on any atom is -0.445 e. The average molecular weight is 681 g/mol. The highest BCUT2D eigenvalue weighted by Gasteiger charge is 2.31. The van der Waals surface area contributed by atoms with E-state index in [1.165, 1.54) is 4.90 Å². The topological polar surface area (TPSA) is 146 Å². The second kappa shape index (κ2) is 19.0. The minimum atomic E-state index is -1.06. The van der Waals surface area contributed by atoms with E-state index in [1.807, 2.05) is 106 Å². The fourth-order valence-corrected chi connectivity index (χ4v) is 5.59. The summed E-state index contributed by atoms with van der Waals surface area (Å²) in [5.74, 6) is -0.667. The number of urea groups is 1. The van der Waals surface area contributed by atoms with Gasteiger partial charge in [0.15, 0.2) is 0 Å². The van der Waals surface area contributed by atoms with E-state index in [2.05, 4.69) is 25.9 Å². The number of benzene rings is 2. The lowest BCUT2D eigenvalue weighted by Crippen LogP contribution is -2.57.